The lowest BCUT2D eigenvalue weighted by atomic mass is 10.3. The van der Waals surface area contributed by atoms with Crippen molar-refractivity contribution in [3.63, 3.8) is 0 Å². The molecule has 74 valence electrons. The number of nitrogens with one attached hydrogen (secondary N) is 1. The first-order valence-corrected chi connectivity index (χ1v) is 6.29. The Hall–Kier alpha value is -0.0900. The van der Waals surface area contributed by atoms with Crippen molar-refractivity contribution < 1.29 is 8.42 Å². The Kier molecular flexibility index (Phi) is 6.38. The van der Waals surface area contributed by atoms with E-state index >= 15 is 0 Å². The molecule has 0 saturated heterocycles. The lowest BCUT2D eigenvalue weighted by molar-refractivity contribution is 0.588. The van der Waals surface area contributed by atoms with Crippen molar-refractivity contribution in [2.75, 3.05) is 25.1 Å². The molecule has 4 heteroatoms. The molecule has 0 aromatic carbocycles. The zero-order valence-corrected chi connectivity index (χ0v) is 8.78. The first-order valence-electron chi connectivity index (χ1n) is 4.47. The van der Waals surface area contributed by atoms with Crippen molar-refractivity contribution in [1.29, 1.82) is 0 Å². The molecule has 0 heterocycles. The van der Waals surface area contributed by atoms with Gasteiger partial charge in [0.1, 0.15) is 9.84 Å². The Labute approximate surface area is 75.5 Å². The van der Waals surface area contributed by atoms with Crippen LogP contribution in [0.4, 0.5) is 0 Å². The number of rotatable bonds is 7. The quantitative estimate of drug-likeness (QED) is 0.609. The molecule has 0 aliphatic rings. The second kappa shape index (κ2) is 6.43. The third kappa shape index (κ3) is 6.61. The van der Waals surface area contributed by atoms with Gasteiger partial charge >= 0.3 is 0 Å². The molecule has 0 unspecified atom stereocenters. The molecule has 3 nitrogen and oxygen atoms in total. The zero-order chi connectivity index (χ0) is 9.45. The zero-order valence-electron chi connectivity index (χ0n) is 7.97. The van der Waals surface area contributed by atoms with Crippen LogP contribution in [0.3, 0.4) is 0 Å². The van der Waals surface area contributed by atoms with Crippen molar-refractivity contribution in [3.8, 4) is 0 Å². The summed E-state index contributed by atoms with van der Waals surface area (Å²) in [6.45, 7) is 2.80. The van der Waals surface area contributed by atoms with E-state index in [0.29, 0.717) is 11.5 Å². The van der Waals surface area contributed by atoms with Gasteiger partial charge in [0.15, 0.2) is 0 Å². The summed E-state index contributed by atoms with van der Waals surface area (Å²) in [4.78, 5) is 0. The maximum atomic E-state index is 11.2. The topological polar surface area (TPSA) is 46.2 Å². The van der Waals surface area contributed by atoms with E-state index in [-0.39, 0.29) is 0 Å². The largest absolute Gasteiger partial charge is 0.320 e. The summed E-state index contributed by atoms with van der Waals surface area (Å²) in [5.41, 5.74) is 0. The van der Waals surface area contributed by atoms with Gasteiger partial charge in [0.05, 0.1) is 5.75 Å². The second-order valence-corrected chi connectivity index (χ2v) is 5.27. The first-order chi connectivity index (χ1) is 5.62. The van der Waals surface area contributed by atoms with Crippen LogP contribution in [-0.2, 0) is 9.84 Å². The molecule has 0 aliphatic carbocycles. The van der Waals surface area contributed by atoms with Crippen LogP contribution in [0.2, 0.25) is 0 Å². The van der Waals surface area contributed by atoms with E-state index < -0.39 is 9.84 Å². The van der Waals surface area contributed by atoms with Crippen molar-refractivity contribution in [1.82, 2.24) is 5.32 Å². The van der Waals surface area contributed by atoms with E-state index in [0.717, 1.165) is 25.8 Å². The van der Waals surface area contributed by atoms with Gasteiger partial charge in [-0.15, -0.1) is 0 Å². The standard InChI is InChI=1S/C8H19NO2S/c1-3-7-12(10,11)8-5-4-6-9-2/h9H,3-8H2,1-2H3. The van der Waals surface area contributed by atoms with Crippen LogP contribution >= 0.6 is 0 Å². The van der Waals surface area contributed by atoms with Gasteiger partial charge in [0, 0.05) is 5.75 Å². The van der Waals surface area contributed by atoms with E-state index in [1.165, 1.54) is 0 Å². The maximum absolute atomic E-state index is 11.2. The molecule has 0 aromatic heterocycles. The molecular formula is C8H19NO2S. The summed E-state index contributed by atoms with van der Waals surface area (Å²) in [6.07, 6.45) is 2.46. The van der Waals surface area contributed by atoms with Crippen LogP contribution in [0.1, 0.15) is 26.2 Å². The highest BCUT2D eigenvalue weighted by atomic mass is 32.2. The number of sulfone groups is 1. The van der Waals surface area contributed by atoms with Gasteiger partial charge in [-0.05, 0) is 32.9 Å². The third-order valence-electron chi connectivity index (χ3n) is 1.65. The minimum Gasteiger partial charge on any atom is -0.320 e. The van der Waals surface area contributed by atoms with E-state index in [1.807, 2.05) is 14.0 Å². The SMILES string of the molecule is CCCS(=O)(=O)CCCCNC. The smallest absolute Gasteiger partial charge is 0.150 e. The molecule has 0 aliphatic heterocycles. The molecule has 0 bridgehead atoms. The minimum atomic E-state index is -2.74. The van der Waals surface area contributed by atoms with Crippen molar-refractivity contribution in [2.45, 2.75) is 26.2 Å². The van der Waals surface area contributed by atoms with Gasteiger partial charge < -0.3 is 5.32 Å². The summed E-state index contributed by atoms with van der Waals surface area (Å²) in [6, 6.07) is 0. The van der Waals surface area contributed by atoms with Crippen LogP contribution < -0.4 is 5.32 Å². The summed E-state index contributed by atoms with van der Waals surface area (Å²) < 4.78 is 22.3. The molecule has 0 amide bonds. The predicted molar refractivity (Wildman–Crippen MR) is 52.1 cm³/mol. The van der Waals surface area contributed by atoms with Gasteiger partial charge in [-0.1, -0.05) is 6.92 Å². The van der Waals surface area contributed by atoms with Gasteiger partial charge in [0.25, 0.3) is 0 Å². The molecular weight excluding hydrogens is 174 g/mol. The molecule has 0 spiro atoms. The Balaban J connectivity index is 3.48. The normalized spacial score (nSPS) is 11.8. The van der Waals surface area contributed by atoms with Crippen LogP contribution in [0.5, 0.6) is 0 Å². The molecule has 0 radical (unpaired) electrons. The summed E-state index contributed by atoms with van der Waals surface area (Å²) in [5, 5.41) is 2.99. The fourth-order valence-corrected chi connectivity index (χ4v) is 2.51. The fourth-order valence-electron chi connectivity index (χ4n) is 1.04. The summed E-state index contributed by atoms with van der Waals surface area (Å²) in [5.74, 6) is 0.690. The first kappa shape index (κ1) is 11.9. The molecule has 0 aromatic rings. The Morgan fingerprint density at radius 1 is 1.17 bits per heavy atom. The van der Waals surface area contributed by atoms with E-state index in [9.17, 15) is 8.42 Å². The van der Waals surface area contributed by atoms with Crippen molar-refractivity contribution in [2.24, 2.45) is 0 Å². The van der Waals surface area contributed by atoms with Crippen molar-refractivity contribution in [3.05, 3.63) is 0 Å². The average molecular weight is 193 g/mol. The molecule has 0 fully saturated rings. The van der Waals surface area contributed by atoms with Crippen LogP contribution in [0.15, 0.2) is 0 Å². The highest BCUT2D eigenvalue weighted by Crippen LogP contribution is 1.98. The Morgan fingerprint density at radius 2 is 1.83 bits per heavy atom. The number of hydrogen-bond donors (Lipinski definition) is 1. The molecule has 1 N–H and O–H groups in total. The van der Waals surface area contributed by atoms with E-state index in [4.69, 9.17) is 0 Å². The fraction of sp³-hybridized carbons (Fsp3) is 1.00. The highest BCUT2D eigenvalue weighted by molar-refractivity contribution is 7.91. The van der Waals surface area contributed by atoms with Gasteiger partial charge in [-0.25, -0.2) is 8.42 Å². The molecule has 0 rings (SSSR count). The van der Waals surface area contributed by atoms with E-state index in [2.05, 4.69) is 5.32 Å². The summed E-state index contributed by atoms with van der Waals surface area (Å²) >= 11 is 0. The van der Waals surface area contributed by atoms with Gasteiger partial charge in [0.2, 0.25) is 0 Å². The third-order valence-corrected chi connectivity index (χ3v) is 3.59. The van der Waals surface area contributed by atoms with Gasteiger partial charge in [-0.3, -0.25) is 0 Å². The molecule has 0 atom stereocenters. The highest BCUT2D eigenvalue weighted by Gasteiger charge is 2.07. The van der Waals surface area contributed by atoms with Crippen LogP contribution in [-0.4, -0.2) is 33.5 Å². The Bertz CT molecular complexity index is 187. The summed E-state index contributed by atoms with van der Waals surface area (Å²) in [7, 11) is -0.864. The number of hydrogen-bond acceptors (Lipinski definition) is 3. The Morgan fingerprint density at radius 3 is 2.33 bits per heavy atom. The average Bonchev–Trinajstić information content (AvgIpc) is 1.98. The van der Waals surface area contributed by atoms with Crippen molar-refractivity contribution >= 4 is 9.84 Å². The lowest BCUT2D eigenvalue weighted by Gasteiger charge is -2.01. The predicted octanol–water partition coefficient (Wildman–Crippen LogP) is 0.811. The van der Waals surface area contributed by atoms with Gasteiger partial charge in [-0.2, -0.15) is 0 Å². The minimum absolute atomic E-state index is 0.340. The molecule has 12 heavy (non-hydrogen) atoms. The van der Waals surface area contributed by atoms with Crippen LogP contribution in [0, 0.1) is 0 Å². The van der Waals surface area contributed by atoms with Crippen LogP contribution in [0.25, 0.3) is 0 Å². The lowest BCUT2D eigenvalue weighted by Crippen LogP contribution is -2.13. The monoisotopic (exact) mass is 193 g/mol. The molecule has 0 saturated carbocycles. The second-order valence-electron chi connectivity index (χ2n) is 2.96. The number of unbranched alkanes of at least 4 members (excludes halogenated alkanes) is 1. The maximum Gasteiger partial charge on any atom is 0.150 e. The van der Waals surface area contributed by atoms with E-state index in [1.54, 1.807) is 0 Å².